The lowest BCUT2D eigenvalue weighted by atomic mass is 10.1. The summed E-state index contributed by atoms with van der Waals surface area (Å²) in [6.07, 6.45) is -0.438. The van der Waals surface area contributed by atoms with E-state index in [1.165, 1.54) is 12.1 Å². The van der Waals surface area contributed by atoms with Gasteiger partial charge in [0.25, 0.3) is 0 Å². The van der Waals surface area contributed by atoms with Gasteiger partial charge >= 0.3 is 0 Å². The van der Waals surface area contributed by atoms with E-state index >= 15 is 0 Å². The monoisotopic (exact) mass is 321 g/mol. The number of hydrogen-bond donors (Lipinski definition) is 2. The van der Waals surface area contributed by atoms with Gasteiger partial charge in [0.05, 0.1) is 17.0 Å². The highest BCUT2D eigenvalue weighted by Gasteiger charge is 2.34. The highest BCUT2D eigenvalue weighted by molar-refractivity contribution is 7.89. The van der Waals surface area contributed by atoms with E-state index in [4.69, 9.17) is 0 Å². The molecule has 0 amide bonds. The molecule has 0 spiro atoms. The average Bonchev–Trinajstić information content (AvgIpc) is 2.77. The van der Waals surface area contributed by atoms with Crippen molar-refractivity contribution in [3.63, 3.8) is 0 Å². The van der Waals surface area contributed by atoms with Gasteiger partial charge in [0, 0.05) is 6.42 Å². The van der Waals surface area contributed by atoms with E-state index in [0.29, 0.717) is 12.0 Å². The van der Waals surface area contributed by atoms with Crippen LogP contribution in [0.4, 0.5) is 4.39 Å². The number of rotatable bonds is 3. The fraction of sp³-hybridized carbons (Fsp3) is 0.250. The van der Waals surface area contributed by atoms with Gasteiger partial charge in [-0.05, 0) is 35.7 Å². The maximum atomic E-state index is 13.4. The Labute approximate surface area is 128 Å². The summed E-state index contributed by atoms with van der Waals surface area (Å²) in [6.45, 7) is 1.60. The number of halogens is 1. The Morgan fingerprint density at radius 1 is 1.23 bits per heavy atom. The molecule has 6 heteroatoms. The van der Waals surface area contributed by atoms with E-state index in [0.717, 1.165) is 17.2 Å². The van der Waals surface area contributed by atoms with Crippen molar-refractivity contribution >= 4 is 10.0 Å². The predicted octanol–water partition coefficient (Wildman–Crippen LogP) is 2.07. The number of nitrogens with one attached hydrogen (secondary N) is 1. The van der Waals surface area contributed by atoms with E-state index in [2.05, 4.69) is 4.72 Å². The summed E-state index contributed by atoms with van der Waals surface area (Å²) in [4.78, 5) is -0.107. The molecule has 3 rings (SSSR count). The van der Waals surface area contributed by atoms with Crippen LogP contribution in [0, 0.1) is 12.7 Å². The lowest BCUT2D eigenvalue weighted by molar-refractivity contribution is 0.151. The zero-order chi connectivity index (χ0) is 15.9. The molecule has 2 atom stereocenters. The molecular weight excluding hydrogens is 305 g/mol. The van der Waals surface area contributed by atoms with Gasteiger partial charge in [-0.25, -0.2) is 17.5 Å². The SMILES string of the molecule is Cc1ccc(F)cc1S(=O)(=O)NC1c2ccccc2CC1O. The van der Waals surface area contributed by atoms with Crippen LogP contribution < -0.4 is 4.72 Å². The molecule has 2 aromatic rings. The largest absolute Gasteiger partial charge is 0.391 e. The number of aliphatic hydroxyl groups excluding tert-OH is 1. The molecule has 0 aromatic heterocycles. The maximum Gasteiger partial charge on any atom is 0.241 e. The van der Waals surface area contributed by atoms with E-state index in [-0.39, 0.29) is 4.90 Å². The second-order valence-corrected chi connectivity index (χ2v) is 7.16. The molecule has 0 fully saturated rings. The Balaban J connectivity index is 1.97. The van der Waals surface area contributed by atoms with Crippen LogP contribution in [0.2, 0.25) is 0 Å². The second kappa shape index (κ2) is 5.46. The summed E-state index contributed by atoms with van der Waals surface area (Å²) in [5, 5.41) is 10.1. The van der Waals surface area contributed by atoms with Gasteiger partial charge in [-0.1, -0.05) is 30.3 Å². The zero-order valence-electron chi connectivity index (χ0n) is 12.0. The number of aliphatic hydroxyl groups is 1. The minimum atomic E-state index is -3.92. The molecule has 4 nitrogen and oxygen atoms in total. The van der Waals surface area contributed by atoms with Crippen LogP contribution in [0.3, 0.4) is 0 Å². The first-order valence-corrected chi connectivity index (χ1v) is 8.41. The van der Waals surface area contributed by atoms with Gasteiger partial charge in [0.1, 0.15) is 5.82 Å². The number of aryl methyl sites for hydroxylation is 1. The van der Waals surface area contributed by atoms with Gasteiger partial charge in [0.15, 0.2) is 0 Å². The van der Waals surface area contributed by atoms with Crippen LogP contribution in [0.5, 0.6) is 0 Å². The number of sulfonamides is 1. The van der Waals surface area contributed by atoms with Crippen LogP contribution in [0.15, 0.2) is 47.4 Å². The molecule has 116 valence electrons. The quantitative estimate of drug-likeness (QED) is 0.909. The molecule has 2 aromatic carbocycles. The molecule has 0 saturated carbocycles. The Bertz CT molecular complexity index is 820. The molecule has 1 aliphatic rings. The van der Waals surface area contributed by atoms with Crippen molar-refractivity contribution in [1.82, 2.24) is 4.72 Å². The van der Waals surface area contributed by atoms with E-state index in [1.54, 1.807) is 19.1 Å². The fourth-order valence-corrected chi connectivity index (χ4v) is 4.32. The molecule has 1 aliphatic carbocycles. The predicted molar refractivity (Wildman–Crippen MR) is 80.4 cm³/mol. The van der Waals surface area contributed by atoms with Crippen LogP contribution in [0.1, 0.15) is 22.7 Å². The van der Waals surface area contributed by atoms with Crippen LogP contribution in [0.25, 0.3) is 0 Å². The first-order valence-electron chi connectivity index (χ1n) is 6.93. The molecule has 0 bridgehead atoms. The molecule has 0 aliphatic heterocycles. The normalized spacial score (nSPS) is 20.9. The topological polar surface area (TPSA) is 66.4 Å². The lowest BCUT2D eigenvalue weighted by Crippen LogP contribution is -2.34. The molecule has 0 heterocycles. The summed E-state index contributed by atoms with van der Waals surface area (Å²) in [5.74, 6) is -0.613. The Hall–Kier alpha value is -1.76. The number of fused-ring (bicyclic) bond motifs is 1. The first kappa shape index (κ1) is 15.1. The third kappa shape index (κ3) is 2.65. The van der Waals surface area contributed by atoms with Crippen molar-refractivity contribution in [2.75, 3.05) is 0 Å². The van der Waals surface area contributed by atoms with Crippen LogP contribution in [-0.2, 0) is 16.4 Å². The van der Waals surface area contributed by atoms with Gasteiger partial charge in [-0.15, -0.1) is 0 Å². The first-order chi connectivity index (χ1) is 10.4. The standard InChI is InChI=1S/C16H16FNO3S/c1-10-6-7-12(17)9-15(10)22(20,21)18-16-13-5-3-2-4-11(13)8-14(16)19/h2-7,9,14,16,18-19H,8H2,1H3. The van der Waals surface area contributed by atoms with Gasteiger partial charge < -0.3 is 5.11 Å². The van der Waals surface area contributed by atoms with Crippen molar-refractivity contribution in [2.24, 2.45) is 0 Å². The fourth-order valence-electron chi connectivity index (χ4n) is 2.81. The smallest absolute Gasteiger partial charge is 0.241 e. The number of hydrogen-bond acceptors (Lipinski definition) is 3. The van der Waals surface area contributed by atoms with Gasteiger partial charge in [0.2, 0.25) is 10.0 Å². The second-order valence-electron chi connectivity index (χ2n) is 5.48. The summed E-state index contributed by atoms with van der Waals surface area (Å²) < 4.78 is 40.9. The molecule has 2 N–H and O–H groups in total. The van der Waals surface area contributed by atoms with Crippen LogP contribution in [-0.4, -0.2) is 19.6 Å². The summed E-state index contributed by atoms with van der Waals surface area (Å²) >= 11 is 0. The molecule has 2 unspecified atom stereocenters. The lowest BCUT2D eigenvalue weighted by Gasteiger charge is -2.19. The highest BCUT2D eigenvalue weighted by Crippen LogP contribution is 2.32. The third-order valence-corrected chi connectivity index (χ3v) is 5.51. The Morgan fingerprint density at radius 2 is 1.95 bits per heavy atom. The van der Waals surface area contributed by atoms with Crippen molar-refractivity contribution in [3.8, 4) is 0 Å². The van der Waals surface area contributed by atoms with Gasteiger partial charge in [-0.2, -0.15) is 0 Å². The molecular formula is C16H16FNO3S. The van der Waals surface area contributed by atoms with E-state index in [1.807, 2.05) is 12.1 Å². The van der Waals surface area contributed by atoms with E-state index < -0.39 is 28.0 Å². The molecule has 0 saturated heterocycles. The van der Waals surface area contributed by atoms with Crippen molar-refractivity contribution < 1.29 is 17.9 Å². The summed E-state index contributed by atoms with van der Waals surface area (Å²) in [6, 6.07) is 10.2. The maximum absolute atomic E-state index is 13.4. The molecule has 22 heavy (non-hydrogen) atoms. The summed E-state index contributed by atoms with van der Waals surface area (Å²) in [5.41, 5.74) is 2.13. The highest BCUT2D eigenvalue weighted by atomic mass is 32.2. The van der Waals surface area contributed by atoms with E-state index in [9.17, 15) is 17.9 Å². The van der Waals surface area contributed by atoms with Crippen LogP contribution >= 0.6 is 0 Å². The Morgan fingerprint density at radius 3 is 2.73 bits per heavy atom. The zero-order valence-corrected chi connectivity index (χ0v) is 12.8. The van der Waals surface area contributed by atoms with Crippen molar-refractivity contribution in [3.05, 3.63) is 65.0 Å². The van der Waals surface area contributed by atoms with Crippen molar-refractivity contribution in [1.29, 1.82) is 0 Å². The average molecular weight is 321 g/mol. The van der Waals surface area contributed by atoms with Crippen molar-refractivity contribution in [2.45, 2.75) is 30.4 Å². The summed E-state index contributed by atoms with van der Waals surface area (Å²) in [7, 11) is -3.92. The minimum Gasteiger partial charge on any atom is -0.391 e. The molecule has 0 radical (unpaired) electrons. The third-order valence-electron chi connectivity index (χ3n) is 3.93. The van der Waals surface area contributed by atoms with Gasteiger partial charge in [-0.3, -0.25) is 0 Å². The minimum absolute atomic E-state index is 0.107. The Kier molecular flexibility index (Phi) is 3.76. The number of benzene rings is 2.